The molecule has 0 spiro atoms. The Morgan fingerprint density at radius 1 is 1.41 bits per heavy atom. The number of rotatable bonds is 4. The molecule has 1 heterocycles. The first kappa shape index (κ1) is 13.5. The molecule has 0 aliphatic carbocycles. The molecule has 5 heteroatoms. The summed E-state index contributed by atoms with van der Waals surface area (Å²) in [6.45, 7) is 0. The van der Waals surface area contributed by atoms with Gasteiger partial charge in [0.05, 0.1) is 0 Å². The normalized spacial score (nSPS) is 21.7. The van der Waals surface area contributed by atoms with Gasteiger partial charge in [-0.2, -0.15) is 11.8 Å². The van der Waals surface area contributed by atoms with Crippen LogP contribution < -0.4 is 11.3 Å². The van der Waals surface area contributed by atoms with E-state index in [0.29, 0.717) is 5.92 Å². The summed E-state index contributed by atoms with van der Waals surface area (Å²) in [4.78, 5) is 0. The summed E-state index contributed by atoms with van der Waals surface area (Å²) in [5.41, 5.74) is 3.91. The van der Waals surface area contributed by atoms with Crippen LogP contribution in [0.2, 0.25) is 10.0 Å². The Kier molecular flexibility index (Phi) is 5.00. The van der Waals surface area contributed by atoms with Crippen molar-refractivity contribution in [2.45, 2.75) is 18.9 Å². The van der Waals surface area contributed by atoms with Gasteiger partial charge in [-0.3, -0.25) is 11.3 Å². The Hall–Kier alpha value is 0.0700. The summed E-state index contributed by atoms with van der Waals surface area (Å²) < 4.78 is 0. The Morgan fingerprint density at radius 3 is 2.65 bits per heavy atom. The second kappa shape index (κ2) is 6.30. The van der Waals surface area contributed by atoms with E-state index in [-0.39, 0.29) is 6.04 Å². The van der Waals surface area contributed by atoms with Crippen molar-refractivity contribution >= 4 is 35.0 Å². The minimum absolute atomic E-state index is 0.252. The third-order valence-corrected chi connectivity index (χ3v) is 5.13. The van der Waals surface area contributed by atoms with Crippen LogP contribution in [0.15, 0.2) is 18.2 Å². The van der Waals surface area contributed by atoms with Gasteiger partial charge in [0.15, 0.2) is 0 Å². The number of halogens is 2. The summed E-state index contributed by atoms with van der Waals surface area (Å²) >= 11 is 14.3. The molecule has 94 valence electrons. The van der Waals surface area contributed by atoms with Gasteiger partial charge in [0, 0.05) is 16.1 Å². The lowest BCUT2D eigenvalue weighted by Gasteiger charge is -2.23. The van der Waals surface area contributed by atoms with Crippen molar-refractivity contribution in [3.63, 3.8) is 0 Å². The average Bonchev–Trinajstić information content (AvgIpc) is 2.82. The first-order valence-corrected chi connectivity index (χ1v) is 7.60. The van der Waals surface area contributed by atoms with Crippen molar-refractivity contribution in [2.75, 3.05) is 11.5 Å². The third-order valence-electron chi connectivity index (χ3n) is 3.23. The molecule has 2 atom stereocenters. The lowest BCUT2D eigenvalue weighted by molar-refractivity contribution is 0.386. The molecule has 0 amide bonds. The smallest absolute Gasteiger partial charge is 0.0453 e. The number of hydrogen-bond acceptors (Lipinski definition) is 3. The van der Waals surface area contributed by atoms with E-state index in [9.17, 15) is 0 Å². The summed E-state index contributed by atoms with van der Waals surface area (Å²) in [5, 5.41) is 1.45. The molecule has 0 saturated carbocycles. The molecule has 1 saturated heterocycles. The lowest BCUT2D eigenvalue weighted by Crippen LogP contribution is -2.42. The molecule has 3 N–H and O–H groups in total. The van der Waals surface area contributed by atoms with Crippen LogP contribution in [-0.4, -0.2) is 17.5 Å². The molecular weight excluding hydrogens is 275 g/mol. The van der Waals surface area contributed by atoms with Crippen molar-refractivity contribution in [3.8, 4) is 0 Å². The maximum atomic E-state index is 6.18. The second-order valence-electron chi connectivity index (χ2n) is 4.30. The predicted octanol–water partition coefficient (Wildman–Crippen LogP) is 3.12. The number of nitrogens with one attached hydrogen (secondary N) is 1. The molecule has 2 nitrogen and oxygen atoms in total. The van der Waals surface area contributed by atoms with Crippen LogP contribution in [0.4, 0.5) is 0 Å². The van der Waals surface area contributed by atoms with Crippen molar-refractivity contribution < 1.29 is 0 Å². The van der Waals surface area contributed by atoms with Crippen LogP contribution >= 0.6 is 35.0 Å². The van der Waals surface area contributed by atoms with Gasteiger partial charge in [-0.05, 0) is 48.0 Å². The zero-order valence-electron chi connectivity index (χ0n) is 9.46. The predicted molar refractivity (Wildman–Crippen MR) is 76.7 cm³/mol. The van der Waals surface area contributed by atoms with Gasteiger partial charge in [-0.15, -0.1) is 0 Å². The molecule has 1 aliphatic rings. The molecule has 2 rings (SSSR count). The third kappa shape index (κ3) is 3.30. The monoisotopic (exact) mass is 290 g/mol. The zero-order chi connectivity index (χ0) is 12.3. The van der Waals surface area contributed by atoms with E-state index in [1.54, 1.807) is 0 Å². The SMILES string of the molecule is NNC(Cc1c(Cl)cccc1Cl)C1CCSC1. The van der Waals surface area contributed by atoms with Crippen LogP contribution in [0.1, 0.15) is 12.0 Å². The van der Waals surface area contributed by atoms with Crippen molar-refractivity contribution in [2.24, 2.45) is 11.8 Å². The van der Waals surface area contributed by atoms with Crippen LogP contribution in [0.5, 0.6) is 0 Å². The molecule has 0 aromatic heterocycles. The van der Waals surface area contributed by atoms with Crippen molar-refractivity contribution in [1.82, 2.24) is 5.43 Å². The minimum atomic E-state index is 0.252. The Balaban J connectivity index is 2.12. The maximum absolute atomic E-state index is 6.18. The Morgan fingerprint density at radius 2 is 2.12 bits per heavy atom. The number of hydrogen-bond donors (Lipinski definition) is 2. The molecule has 0 bridgehead atoms. The highest BCUT2D eigenvalue weighted by Gasteiger charge is 2.25. The maximum Gasteiger partial charge on any atom is 0.0453 e. The van der Waals surface area contributed by atoms with Gasteiger partial charge >= 0.3 is 0 Å². The second-order valence-corrected chi connectivity index (χ2v) is 6.27. The molecule has 1 fully saturated rings. The molecule has 1 aliphatic heterocycles. The van der Waals surface area contributed by atoms with E-state index in [2.05, 4.69) is 5.43 Å². The molecular formula is C12H16Cl2N2S. The van der Waals surface area contributed by atoms with Gasteiger partial charge in [-0.25, -0.2) is 0 Å². The largest absolute Gasteiger partial charge is 0.271 e. The molecule has 17 heavy (non-hydrogen) atoms. The summed E-state index contributed by atoms with van der Waals surface area (Å²) in [5.74, 6) is 8.65. The van der Waals surface area contributed by atoms with Crippen LogP contribution in [0.25, 0.3) is 0 Å². The number of benzene rings is 1. The zero-order valence-corrected chi connectivity index (χ0v) is 11.8. The van der Waals surface area contributed by atoms with Gasteiger partial charge < -0.3 is 0 Å². The van der Waals surface area contributed by atoms with Gasteiger partial charge in [0.1, 0.15) is 0 Å². The lowest BCUT2D eigenvalue weighted by atomic mass is 9.93. The van der Waals surface area contributed by atoms with E-state index in [1.165, 1.54) is 12.2 Å². The fourth-order valence-corrected chi connectivity index (χ4v) is 4.07. The topological polar surface area (TPSA) is 38.0 Å². The van der Waals surface area contributed by atoms with E-state index >= 15 is 0 Å². The van der Waals surface area contributed by atoms with E-state index in [1.807, 2.05) is 30.0 Å². The van der Waals surface area contributed by atoms with Crippen LogP contribution in [0, 0.1) is 5.92 Å². The fraction of sp³-hybridized carbons (Fsp3) is 0.500. The highest BCUT2D eigenvalue weighted by atomic mass is 35.5. The highest BCUT2D eigenvalue weighted by Crippen LogP contribution is 2.31. The Labute approximate surface area is 116 Å². The summed E-state index contributed by atoms with van der Waals surface area (Å²) in [6, 6.07) is 5.87. The molecule has 0 radical (unpaired) electrons. The minimum Gasteiger partial charge on any atom is -0.271 e. The summed E-state index contributed by atoms with van der Waals surface area (Å²) in [7, 11) is 0. The van der Waals surface area contributed by atoms with E-state index in [0.717, 1.165) is 27.8 Å². The van der Waals surface area contributed by atoms with E-state index < -0.39 is 0 Å². The first-order chi connectivity index (χ1) is 8.22. The van der Waals surface area contributed by atoms with Gasteiger partial charge in [-0.1, -0.05) is 29.3 Å². The number of hydrazine groups is 1. The standard InChI is InChI=1S/C12H16Cl2N2S/c13-10-2-1-3-11(14)9(10)6-12(16-15)8-4-5-17-7-8/h1-3,8,12,16H,4-7,15H2. The Bertz CT molecular complexity index is 361. The van der Waals surface area contributed by atoms with E-state index in [4.69, 9.17) is 29.0 Å². The molecule has 1 aromatic rings. The number of nitrogens with two attached hydrogens (primary N) is 1. The number of thioether (sulfide) groups is 1. The summed E-state index contributed by atoms with van der Waals surface area (Å²) in [6.07, 6.45) is 2.00. The highest BCUT2D eigenvalue weighted by molar-refractivity contribution is 7.99. The van der Waals surface area contributed by atoms with Crippen LogP contribution in [-0.2, 0) is 6.42 Å². The van der Waals surface area contributed by atoms with Crippen LogP contribution in [0.3, 0.4) is 0 Å². The van der Waals surface area contributed by atoms with Gasteiger partial charge in [0.25, 0.3) is 0 Å². The molecule has 1 aromatic carbocycles. The van der Waals surface area contributed by atoms with Crippen molar-refractivity contribution in [3.05, 3.63) is 33.8 Å². The average molecular weight is 291 g/mol. The van der Waals surface area contributed by atoms with Gasteiger partial charge in [0.2, 0.25) is 0 Å². The fourth-order valence-electron chi connectivity index (χ4n) is 2.18. The quantitative estimate of drug-likeness (QED) is 0.661. The van der Waals surface area contributed by atoms with Crippen molar-refractivity contribution in [1.29, 1.82) is 0 Å². The first-order valence-electron chi connectivity index (χ1n) is 5.69. The molecule has 2 unspecified atom stereocenters.